The zero-order chi connectivity index (χ0) is 9.78. The molecule has 0 amide bonds. The fourth-order valence-corrected chi connectivity index (χ4v) is 0.800. The van der Waals surface area contributed by atoms with Crippen LogP contribution in [0.25, 0.3) is 0 Å². The molecule has 0 aromatic carbocycles. The van der Waals surface area contributed by atoms with Gasteiger partial charge in [0, 0.05) is 12.8 Å². The molecule has 5 nitrogen and oxygen atoms in total. The van der Waals surface area contributed by atoms with E-state index in [-0.39, 0.29) is 12.8 Å². The summed E-state index contributed by atoms with van der Waals surface area (Å²) in [5, 5.41) is 9.18. The molecule has 72 valence electrons. The first kappa shape index (κ1) is 11.5. The molecule has 0 bridgehead atoms. The van der Waals surface area contributed by atoms with Gasteiger partial charge in [-0.1, -0.05) is 0 Å². The smallest absolute Gasteiger partial charge is 0.305 e. The van der Waals surface area contributed by atoms with Gasteiger partial charge in [0.15, 0.2) is 16.0 Å². The molecular weight excluding hydrogens is 184 g/mol. The zero-order valence-corrected chi connectivity index (χ0v) is 7.76. The number of aliphatic hydroxyl groups is 1. The van der Waals surface area contributed by atoms with Gasteiger partial charge in [-0.15, -0.1) is 0 Å². The molecule has 2 unspecified atom stereocenters. The van der Waals surface area contributed by atoms with Crippen LogP contribution in [0.5, 0.6) is 0 Å². The van der Waals surface area contributed by atoms with Gasteiger partial charge in [-0.3, -0.25) is 4.79 Å². The van der Waals surface area contributed by atoms with E-state index in [0.29, 0.717) is 0 Å². The number of carbonyl (C=O) groups is 1. The molecule has 0 aliphatic carbocycles. The van der Waals surface area contributed by atoms with Gasteiger partial charge in [0.1, 0.15) is 0 Å². The molecule has 12 heavy (non-hydrogen) atoms. The van der Waals surface area contributed by atoms with E-state index in [1.54, 1.807) is 0 Å². The van der Waals surface area contributed by atoms with Crippen LogP contribution in [-0.4, -0.2) is 31.9 Å². The SMILES string of the molecule is COC(=O)CCC(C)(O)S(=O)O. The lowest BCUT2D eigenvalue weighted by molar-refractivity contribution is -0.141. The second-order valence-corrected chi connectivity index (χ2v) is 3.88. The number of ether oxygens (including phenoxy) is 1. The van der Waals surface area contributed by atoms with Crippen molar-refractivity contribution in [3.05, 3.63) is 0 Å². The van der Waals surface area contributed by atoms with E-state index in [1.165, 1.54) is 14.0 Å². The van der Waals surface area contributed by atoms with Crippen molar-refractivity contribution in [3.63, 3.8) is 0 Å². The lowest BCUT2D eigenvalue weighted by atomic mass is 10.2. The Labute approximate surface area is 73.0 Å². The summed E-state index contributed by atoms with van der Waals surface area (Å²) in [6.07, 6.45) is -0.168. The summed E-state index contributed by atoms with van der Waals surface area (Å²) in [7, 11) is 1.22. The Morgan fingerprint density at radius 2 is 2.17 bits per heavy atom. The summed E-state index contributed by atoms with van der Waals surface area (Å²) >= 11 is -2.35. The summed E-state index contributed by atoms with van der Waals surface area (Å²) in [6, 6.07) is 0. The highest BCUT2D eigenvalue weighted by Crippen LogP contribution is 2.15. The van der Waals surface area contributed by atoms with E-state index >= 15 is 0 Å². The quantitative estimate of drug-likeness (QED) is 0.483. The molecule has 0 aromatic heterocycles. The maximum Gasteiger partial charge on any atom is 0.305 e. The van der Waals surface area contributed by atoms with Crippen LogP contribution in [-0.2, 0) is 20.6 Å². The van der Waals surface area contributed by atoms with Gasteiger partial charge in [-0.2, -0.15) is 0 Å². The fraction of sp³-hybridized carbons (Fsp3) is 0.833. The molecule has 0 spiro atoms. The topological polar surface area (TPSA) is 83.8 Å². The van der Waals surface area contributed by atoms with Crippen molar-refractivity contribution in [2.24, 2.45) is 0 Å². The monoisotopic (exact) mass is 196 g/mol. The second-order valence-electron chi connectivity index (χ2n) is 2.50. The standard InChI is InChI=1S/C6H12O5S/c1-6(8,12(9)10)4-3-5(7)11-2/h8H,3-4H2,1-2H3,(H,9,10). The maximum absolute atomic E-state index is 10.6. The van der Waals surface area contributed by atoms with E-state index in [2.05, 4.69) is 4.74 Å². The average Bonchev–Trinajstić information content (AvgIpc) is 2.00. The average molecular weight is 196 g/mol. The summed E-state index contributed by atoms with van der Waals surface area (Å²) in [5.74, 6) is -0.513. The highest BCUT2D eigenvalue weighted by molar-refractivity contribution is 7.80. The van der Waals surface area contributed by atoms with Crippen LogP contribution in [0.2, 0.25) is 0 Å². The highest BCUT2D eigenvalue weighted by Gasteiger charge is 2.28. The largest absolute Gasteiger partial charge is 0.469 e. The number of methoxy groups -OCH3 is 1. The van der Waals surface area contributed by atoms with E-state index < -0.39 is 22.0 Å². The van der Waals surface area contributed by atoms with E-state index in [4.69, 9.17) is 4.55 Å². The second kappa shape index (κ2) is 4.54. The lowest BCUT2D eigenvalue weighted by Gasteiger charge is -2.17. The Kier molecular flexibility index (Phi) is 4.36. The van der Waals surface area contributed by atoms with E-state index in [1.807, 2.05) is 0 Å². The normalized spacial score (nSPS) is 18.0. The van der Waals surface area contributed by atoms with Crippen molar-refractivity contribution < 1.29 is 23.4 Å². The molecule has 0 heterocycles. The van der Waals surface area contributed by atoms with Crippen molar-refractivity contribution in [1.29, 1.82) is 0 Å². The van der Waals surface area contributed by atoms with Crippen LogP contribution in [0.3, 0.4) is 0 Å². The molecular formula is C6H12O5S. The Balaban J connectivity index is 3.92. The van der Waals surface area contributed by atoms with E-state index in [0.717, 1.165) is 0 Å². The third kappa shape index (κ3) is 3.80. The summed E-state index contributed by atoms with van der Waals surface area (Å²) in [5.41, 5.74) is 0. The van der Waals surface area contributed by atoms with Crippen molar-refractivity contribution in [1.82, 2.24) is 0 Å². The molecule has 0 rings (SSSR count). The number of hydrogen-bond acceptors (Lipinski definition) is 4. The van der Waals surface area contributed by atoms with Gasteiger partial charge in [0.05, 0.1) is 7.11 Å². The minimum Gasteiger partial charge on any atom is -0.469 e. The van der Waals surface area contributed by atoms with Gasteiger partial charge >= 0.3 is 5.97 Å². The minimum atomic E-state index is -2.35. The van der Waals surface area contributed by atoms with E-state index in [9.17, 15) is 14.1 Å². The fourth-order valence-electron chi connectivity index (χ4n) is 0.523. The van der Waals surface area contributed by atoms with Crippen LogP contribution < -0.4 is 0 Å². The Hall–Kier alpha value is -0.460. The first-order chi connectivity index (χ1) is 5.40. The van der Waals surface area contributed by atoms with Crippen molar-refractivity contribution in [2.45, 2.75) is 24.7 Å². The predicted octanol–water partition coefficient (Wildman–Crippen LogP) is -0.130. The number of esters is 1. The molecule has 0 fully saturated rings. The van der Waals surface area contributed by atoms with Crippen molar-refractivity contribution in [2.75, 3.05) is 7.11 Å². The molecule has 0 aliphatic heterocycles. The van der Waals surface area contributed by atoms with Crippen LogP contribution in [0.1, 0.15) is 19.8 Å². The Bertz CT molecular complexity index is 188. The van der Waals surface area contributed by atoms with Crippen molar-refractivity contribution >= 4 is 17.0 Å². The number of rotatable bonds is 4. The third-order valence-electron chi connectivity index (χ3n) is 1.40. The molecule has 2 N–H and O–H groups in total. The number of hydrogen-bond donors (Lipinski definition) is 2. The number of carbonyl (C=O) groups excluding carboxylic acids is 1. The van der Waals surface area contributed by atoms with Gasteiger partial charge < -0.3 is 14.4 Å². The Morgan fingerprint density at radius 3 is 2.50 bits per heavy atom. The molecule has 0 radical (unpaired) electrons. The van der Waals surface area contributed by atoms with Gasteiger partial charge in [-0.25, -0.2) is 4.21 Å². The molecule has 0 saturated heterocycles. The van der Waals surface area contributed by atoms with Crippen LogP contribution >= 0.6 is 0 Å². The molecule has 6 heteroatoms. The lowest BCUT2D eigenvalue weighted by Crippen LogP contribution is -2.30. The highest BCUT2D eigenvalue weighted by atomic mass is 32.2. The summed E-state index contributed by atoms with van der Waals surface area (Å²) in [4.78, 5) is 8.83. The third-order valence-corrected chi connectivity index (χ3v) is 2.35. The van der Waals surface area contributed by atoms with Gasteiger partial charge in [0.2, 0.25) is 0 Å². The van der Waals surface area contributed by atoms with Crippen LogP contribution in [0.15, 0.2) is 0 Å². The van der Waals surface area contributed by atoms with Crippen LogP contribution in [0, 0.1) is 0 Å². The first-order valence-corrected chi connectivity index (χ1v) is 4.41. The van der Waals surface area contributed by atoms with Gasteiger partial charge in [-0.05, 0) is 6.92 Å². The van der Waals surface area contributed by atoms with Crippen LogP contribution in [0.4, 0.5) is 0 Å². The molecule has 0 saturated carbocycles. The summed E-state index contributed by atoms with van der Waals surface area (Å²) in [6.45, 7) is 1.19. The maximum atomic E-state index is 10.6. The molecule has 0 aliphatic rings. The summed E-state index contributed by atoms with van der Waals surface area (Å²) < 4.78 is 23.3. The predicted molar refractivity (Wildman–Crippen MR) is 42.6 cm³/mol. The molecule has 2 atom stereocenters. The zero-order valence-electron chi connectivity index (χ0n) is 6.94. The van der Waals surface area contributed by atoms with Crippen molar-refractivity contribution in [3.8, 4) is 0 Å². The Morgan fingerprint density at radius 1 is 1.67 bits per heavy atom. The van der Waals surface area contributed by atoms with Gasteiger partial charge in [0.25, 0.3) is 0 Å². The molecule has 0 aromatic rings. The minimum absolute atomic E-state index is 0.0736. The first-order valence-electron chi connectivity index (χ1n) is 3.30.